The molecule has 1 amide bonds. The fourth-order valence-electron chi connectivity index (χ4n) is 3.23. The molecule has 0 radical (unpaired) electrons. The van der Waals surface area contributed by atoms with Gasteiger partial charge in [-0.25, -0.2) is 10.3 Å². The molecule has 10 nitrogen and oxygen atoms in total. The molecule has 6 atom stereocenters. The molecule has 5 N–H and O–H groups in total. The summed E-state index contributed by atoms with van der Waals surface area (Å²) in [5, 5.41) is 38.5. The molecule has 0 aromatic heterocycles. The second-order valence-electron chi connectivity index (χ2n) is 8.12. The van der Waals surface area contributed by atoms with Crippen LogP contribution in [-0.2, 0) is 14.4 Å². The number of hydrogen-bond donors (Lipinski definition) is 5. The van der Waals surface area contributed by atoms with E-state index in [0.717, 1.165) is 5.69 Å². The van der Waals surface area contributed by atoms with Gasteiger partial charge in [0.15, 0.2) is 5.78 Å². The van der Waals surface area contributed by atoms with Gasteiger partial charge in [-0.1, -0.05) is 24.6 Å². The molecule has 0 aliphatic carbocycles. The number of ether oxygens (including phenoxy) is 1. The fraction of sp³-hybridized carbons (Fsp3) is 0.478. The number of hydrogen-bond acceptors (Lipinski definition) is 9. The average molecular weight is 465 g/mol. The first kappa shape index (κ1) is 26.7. The first-order chi connectivity index (χ1) is 15.5. The smallest absolute Gasteiger partial charge is 0.267 e. The summed E-state index contributed by atoms with van der Waals surface area (Å²) in [6, 6.07) is 7.29. The maximum Gasteiger partial charge on any atom is 0.267 e. The average Bonchev–Trinajstić information content (AvgIpc) is 2.80. The fourth-order valence-corrected chi connectivity index (χ4v) is 3.23. The van der Waals surface area contributed by atoms with E-state index >= 15 is 0 Å². The Bertz CT molecular complexity index is 866. The number of anilines is 1. The van der Waals surface area contributed by atoms with Crippen molar-refractivity contribution in [2.75, 3.05) is 25.6 Å². The van der Waals surface area contributed by atoms with E-state index in [0.29, 0.717) is 11.1 Å². The lowest BCUT2D eigenvalue weighted by Crippen LogP contribution is -2.60. The number of hydroxylamine groups is 1. The van der Waals surface area contributed by atoms with Crippen molar-refractivity contribution in [1.29, 1.82) is 0 Å². The molecular weight excluding hydrogens is 432 g/mol. The van der Waals surface area contributed by atoms with Crippen LogP contribution in [0.3, 0.4) is 0 Å². The third-order valence-electron chi connectivity index (χ3n) is 5.22. The quantitative estimate of drug-likeness (QED) is 0.146. The van der Waals surface area contributed by atoms with E-state index in [-0.39, 0.29) is 5.78 Å². The van der Waals surface area contributed by atoms with Crippen LogP contribution in [0, 0.1) is 5.92 Å². The van der Waals surface area contributed by atoms with Gasteiger partial charge in [-0.05, 0) is 31.2 Å². The third-order valence-corrected chi connectivity index (χ3v) is 5.22. The lowest BCUT2D eigenvalue weighted by Gasteiger charge is -2.38. The minimum Gasteiger partial charge on any atom is -0.394 e. The highest BCUT2D eigenvalue weighted by Crippen LogP contribution is 2.21. The Balaban J connectivity index is 1.89. The van der Waals surface area contributed by atoms with Crippen LogP contribution in [0.5, 0.6) is 0 Å². The number of carbonyl (C=O) groups is 2. The van der Waals surface area contributed by atoms with Gasteiger partial charge in [0.2, 0.25) is 6.29 Å². The molecule has 1 saturated heterocycles. The second kappa shape index (κ2) is 12.0. The van der Waals surface area contributed by atoms with Crippen LogP contribution in [0.15, 0.2) is 48.1 Å². The number of amides is 1. The number of Topliss-reactive ketones (excluding diaryl/α,β-unsaturated/α-hetero) is 1. The van der Waals surface area contributed by atoms with Crippen LogP contribution in [0.1, 0.15) is 24.2 Å². The van der Waals surface area contributed by atoms with Crippen LogP contribution in [0.25, 0.3) is 0 Å². The zero-order chi connectivity index (χ0) is 24.7. The zero-order valence-corrected chi connectivity index (χ0v) is 19.1. The van der Waals surface area contributed by atoms with E-state index < -0.39 is 49.1 Å². The van der Waals surface area contributed by atoms with E-state index in [1.807, 2.05) is 31.1 Å². The summed E-state index contributed by atoms with van der Waals surface area (Å²) in [7, 11) is 3.84. The van der Waals surface area contributed by atoms with Gasteiger partial charge >= 0.3 is 0 Å². The standard InChI is InChI=1S/C23H32N2O8/c1-13(11-14(2)19(28)15-6-8-16(9-7-15)25(3)4)5-10-18(27)24-33-23-22(31)21(30)20(29)17(12-26)32-23/h5-11,14,17,20-23,26,29-31H,12H2,1-4H3,(H,24,27)/b10-5+,13-11+/t14-,17-,20-,21+,22-,23-/m1/s1. The molecule has 1 heterocycles. The number of benzene rings is 1. The van der Waals surface area contributed by atoms with Crippen LogP contribution < -0.4 is 10.4 Å². The normalized spacial score (nSPS) is 26.8. The maximum absolute atomic E-state index is 12.6. The molecule has 1 aromatic carbocycles. The number of rotatable bonds is 9. The summed E-state index contributed by atoms with van der Waals surface area (Å²) in [5.74, 6) is -1.14. The lowest BCUT2D eigenvalue weighted by atomic mass is 9.97. The highest BCUT2D eigenvalue weighted by Gasteiger charge is 2.44. The van der Waals surface area contributed by atoms with Gasteiger partial charge in [-0.2, -0.15) is 0 Å². The summed E-state index contributed by atoms with van der Waals surface area (Å²) < 4.78 is 5.13. The van der Waals surface area contributed by atoms with Gasteiger partial charge in [-0.3, -0.25) is 9.59 Å². The molecule has 1 aliphatic rings. The van der Waals surface area contributed by atoms with Crippen molar-refractivity contribution in [2.45, 2.75) is 44.6 Å². The summed E-state index contributed by atoms with van der Waals surface area (Å²) >= 11 is 0. The molecule has 33 heavy (non-hydrogen) atoms. The molecule has 2 rings (SSSR count). The minimum atomic E-state index is -1.63. The predicted molar refractivity (Wildman–Crippen MR) is 120 cm³/mol. The van der Waals surface area contributed by atoms with Gasteiger partial charge in [0.1, 0.15) is 24.4 Å². The van der Waals surface area contributed by atoms with Crippen molar-refractivity contribution >= 4 is 17.4 Å². The third kappa shape index (κ3) is 7.19. The Morgan fingerprint density at radius 1 is 1.12 bits per heavy atom. The first-order valence-corrected chi connectivity index (χ1v) is 10.5. The molecule has 0 saturated carbocycles. The second-order valence-corrected chi connectivity index (χ2v) is 8.12. The molecule has 182 valence electrons. The van der Waals surface area contributed by atoms with Crippen LogP contribution in [0.4, 0.5) is 5.69 Å². The molecule has 0 bridgehead atoms. The Kier molecular flexibility index (Phi) is 9.71. The number of aliphatic hydroxyl groups is 4. The van der Waals surface area contributed by atoms with Crippen LogP contribution in [0.2, 0.25) is 0 Å². The summed E-state index contributed by atoms with van der Waals surface area (Å²) in [6.45, 7) is 2.89. The number of carbonyl (C=O) groups excluding carboxylic acids is 2. The maximum atomic E-state index is 12.6. The van der Waals surface area contributed by atoms with Gasteiger partial charge in [0.05, 0.1) is 6.61 Å². The number of allylic oxidation sites excluding steroid dienone is 3. The molecule has 1 fully saturated rings. The van der Waals surface area contributed by atoms with Crippen molar-refractivity contribution in [3.63, 3.8) is 0 Å². The van der Waals surface area contributed by atoms with Crippen molar-refractivity contribution in [2.24, 2.45) is 5.92 Å². The van der Waals surface area contributed by atoms with Gasteiger partial charge in [0, 0.05) is 37.3 Å². The molecule has 1 aromatic rings. The first-order valence-electron chi connectivity index (χ1n) is 10.5. The SMILES string of the molecule is CC(/C=C/C(=O)NO[C@H]1O[C@H](CO)[C@@H](O)[C@H](O)[C@H]1O)=C\[C@@H](C)C(=O)c1ccc(N(C)C)cc1. The zero-order valence-electron chi connectivity index (χ0n) is 19.1. The Hall–Kier alpha value is -2.60. The van der Waals surface area contributed by atoms with E-state index in [4.69, 9.17) is 14.7 Å². The molecule has 0 unspecified atom stereocenters. The van der Waals surface area contributed by atoms with Crippen molar-refractivity contribution in [3.05, 3.63) is 53.6 Å². The van der Waals surface area contributed by atoms with E-state index in [1.54, 1.807) is 32.1 Å². The highest BCUT2D eigenvalue weighted by molar-refractivity contribution is 5.99. The van der Waals surface area contributed by atoms with Crippen molar-refractivity contribution < 1.29 is 39.6 Å². The number of aliphatic hydroxyl groups excluding tert-OH is 4. The molecular formula is C23H32N2O8. The summed E-state index contributed by atoms with van der Waals surface area (Å²) in [5.41, 5.74) is 4.30. The van der Waals surface area contributed by atoms with Crippen LogP contribution >= 0.6 is 0 Å². The van der Waals surface area contributed by atoms with Crippen molar-refractivity contribution in [3.8, 4) is 0 Å². The van der Waals surface area contributed by atoms with Crippen molar-refractivity contribution in [1.82, 2.24) is 5.48 Å². The molecule has 0 spiro atoms. The summed E-state index contributed by atoms with van der Waals surface area (Å²) in [6.07, 6.45) is -3.02. The largest absolute Gasteiger partial charge is 0.394 e. The number of nitrogens with one attached hydrogen (secondary N) is 1. The lowest BCUT2D eigenvalue weighted by molar-refractivity contribution is -0.312. The minimum absolute atomic E-state index is 0.0524. The number of ketones is 1. The van der Waals surface area contributed by atoms with E-state index in [1.165, 1.54) is 12.2 Å². The van der Waals surface area contributed by atoms with Gasteiger partial charge in [-0.15, -0.1) is 0 Å². The summed E-state index contributed by atoms with van der Waals surface area (Å²) in [4.78, 5) is 31.5. The van der Waals surface area contributed by atoms with Crippen LogP contribution in [-0.4, -0.2) is 83.5 Å². The highest BCUT2D eigenvalue weighted by atomic mass is 16.8. The Labute approximate surface area is 192 Å². The molecule has 1 aliphatic heterocycles. The topological polar surface area (TPSA) is 149 Å². The van der Waals surface area contributed by atoms with Gasteiger partial charge in [0.25, 0.3) is 5.91 Å². The Morgan fingerprint density at radius 3 is 2.33 bits per heavy atom. The predicted octanol–water partition coefficient (Wildman–Crippen LogP) is -0.0784. The van der Waals surface area contributed by atoms with E-state index in [9.17, 15) is 24.9 Å². The van der Waals surface area contributed by atoms with E-state index in [2.05, 4.69) is 5.48 Å². The molecule has 10 heteroatoms. The Morgan fingerprint density at radius 2 is 1.76 bits per heavy atom. The number of nitrogens with zero attached hydrogens (tertiary/aromatic N) is 1. The van der Waals surface area contributed by atoms with Gasteiger partial charge < -0.3 is 30.1 Å². The monoisotopic (exact) mass is 464 g/mol.